The minimum absolute atomic E-state index is 0.0875. The van der Waals surface area contributed by atoms with Crippen molar-refractivity contribution < 1.29 is 28.7 Å². The lowest BCUT2D eigenvalue weighted by atomic mass is 9.76. The number of hydrogen-bond donors (Lipinski definition) is 4. The van der Waals surface area contributed by atoms with E-state index in [1.54, 1.807) is 37.3 Å². The molecule has 47 heavy (non-hydrogen) atoms. The summed E-state index contributed by atoms with van der Waals surface area (Å²) in [5, 5.41) is 9.25. The molecule has 2 fully saturated rings. The second-order valence-corrected chi connectivity index (χ2v) is 14.4. The molecular weight excluding hydrogens is 643 g/mol. The van der Waals surface area contributed by atoms with Gasteiger partial charge in [0.05, 0.1) is 6.04 Å². The molecule has 1 saturated heterocycles. The summed E-state index contributed by atoms with van der Waals surface area (Å²) in [6.45, 7) is 5.88. The van der Waals surface area contributed by atoms with Crippen molar-refractivity contribution in [1.82, 2.24) is 16.0 Å². The molecule has 4 atom stereocenters. The Bertz CT molecular complexity index is 1480. The van der Waals surface area contributed by atoms with Crippen molar-refractivity contribution in [1.29, 1.82) is 0 Å². The van der Waals surface area contributed by atoms with Crippen LogP contribution in [0.2, 0.25) is 10.0 Å². The number of primary amides is 1. The number of benzene rings is 2. The van der Waals surface area contributed by atoms with Crippen LogP contribution in [0.3, 0.4) is 0 Å². The molecule has 2 aromatic carbocycles. The summed E-state index contributed by atoms with van der Waals surface area (Å²) >= 11 is 12.5. The fraction of sp³-hybridized carbons (Fsp3) is 0.514. The molecule has 5 N–H and O–H groups in total. The van der Waals surface area contributed by atoms with E-state index >= 15 is 0 Å². The number of nitrogens with one attached hydrogen (secondary N) is 3. The number of Topliss-reactive ketones (excluding diaryl/α,β-unsaturated/α-hetero) is 1. The SMILES string of the molecule is CC(C)(c1cccc(Cl)c1)C(OC(=O)N[C@](C)(CC1CCCCC1)C(=O)N[C@@H](C[C@@H]1CCNC1=O)C(=O)C(N)=O)c1ccc(Cl)cc1. The van der Waals surface area contributed by atoms with Crippen molar-refractivity contribution in [2.24, 2.45) is 17.6 Å². The maximum atomic E-state index is 14.1. The molecule has 0 spiro atoms. The van der Waals surface area contributed by atoms with Crippen molar-refractivity contribution in [3.63, 3.8) is 0 Å². The normalized spacial score (nSPS) is 19.5. The lowest BCUT2D eigenvalue weighted by Gasteiger charge is -2.38. The van der Waals surface area contributed by atoms with Crippen LogP contribution in [0, 0.1) is 11.8 Å². The van der Waals surface area contributed by atoms with E-state index in [0.29, 0.717) is 28.6 Å². The number of alkyl carbamates (subject to hydrolysis) is 1. The Morgan fingerprint density at radius 3 is 2.26 bits per heavy atom. The number of halogens is 2. The highest BCUT2D eigenvalue weighted by atomic mass is 35.5. The zero-order valence-electron chi connectivity index (χ0n) is 27.1. The van der Waals surface area contributed by atoms with Gasteiger partial charge in [0.2, 0.25) is 17.6 Å². The van der Waals surface area contributed by atoms with E-state index < -0.39 is 52.7 Å². The largest absolute Gasteiger partial charge is 0.440 e. The highest BCUT2D eigenvalue weighted by Crippen LogP contribution is 2.41. The smallest absolute Gasteiger partial charge is 0.408 e. The summed E-state index contributed by atoms with van der Waals surface area (Å²) in [5.74, 6) is -3.60. The molecule has 4 rings (SSSR count). The van der Waals surface area contributed by atoms with Gasteiger partial charge in [-0.15, -0.1) is 0 Å². The first-order chi connectivity index (χ1) is 22.2. The van der Waals surface area contributed by atoms with Crippen LogP contribution in [0.1, 0.15) is 89.4 Å². The molecule has 1 aliphatic heterocycles. The second-order valence-electron chi connectivity index (χ2n) is 13.5. The predicted octanol–water partition coefficient (Wildman–Crippen LogP) is 5.53. The average molecular weight is 688 g/mol. The number of hydrogen-bond acceptors (Lipinski definition) is 6. The maximum absolute atomic E-state index is 14.1. The number of carbonyl (C=O) groups is 5. The van der Waals surface area contributed by atoms with Crippen molar-refractivity contribution in [3.8, 4) is 0 Å². The third-order valence-electron chi connectivity index (χ3n) is 9.47. The van der Waals surface area contributed by atoms with Gasteiger partial charge in [0, 0.05) is 27.9 Å². The number of carbonyl (C=O) groups excluding carboxylic acids is 5. The molecule has 10 nitrogen and oxygen atoms in total. The molecule has 1 saturated carbocycles. The van der Waals surface area contributed by atoms with Crippen LogP contribution in [0.15, 0.2) is 48.5 Å². The minimum Gasteiger partial charge on any atom is -0.440 e. The van der Waals surface area contributed by atoms with E-state index in [0.717, 1.165) is 37.7 Å². The molecule has 254 valence electrons. The van der Waals surface area contributed by atoms with E-state index in [2.05, 4.69) is 16.0 Å². The number of ketones is 1. The molecule has 1 heterocycles. The van der Waals surface area contributed by atoms with Crippen LogP contribution in [0.25, 0.3) is 0 Å². The lowest BCUT2D eigenvalue weighted by Crippen LogP contribution is -2.61. The molecular formula is C35H44Cl2N4O6. The van der Waals surface area contributed by atoms with Crippen LogP contribution in [0.4, 0.5) is 4.79 Å². The molecule has 0 radical (unpaired) electrons. The molecule has 2 aliphatic rings. The van der Waals surface area contributed by atoms with Gasteiger partial charge in [0.25, 0.3) is 5.91 Å². The second kappa shape index (κ2) is 15.5. The van der Waals surface area contributed by atoms with Crippen LogP contribution in [-0.4, -0.2) is 47.7 Å². The number of amides is 4. The molecule has 0 aromatic heterocycles. The molecule has 0 bridgehead atoms. The first-order valence-corrected chi connectivity index (χ1v) is 16.9. The van der Waals surface area contributed by atoms with Crippen LogP contribution < -0.4 is 21.7 Å². The number of rotatable bonds is 13. The van der Waals surface area contributed by atoms with Gasteiger partial charge in [-0.05, 0) is 67.5 Å². The van der Waals surface area contributed by atoms with Crippen LogP contribution in [0.5, 0.6) is 0 Å². The maximum Gasteiger partial charge on any atom is 0.408 e. The topological polar surface area (TPSA) is 157 Å². The summed E-state index contributed by atoms with van der Waals surface area (Å²) in [6, 6.07) is 12.9. The van der Waals surface area contributed by atoms with Gasteiger partial charge in [-0.3, -0.25) is 19.2 Å². The summed E-state index contributed by atoms with van der Waals surface area (Å²) < 4.78 is 6.17. The van der Waals surface area contributed by atoms with Crippen LogP contribution in [-0.2, 0) is 29.3 Å². The zero-order chi connectivity index (χ0) is 34.4. The Morgan fingerprint density at radius 1 is 0.979 bits per heavy atom. The number of nitrogens with two attached hydrogens (primary N) is 1. The lowest BCUT2D eigenvalue weighted by molar-refractivity contribution is -0.140. The van der Waals surface area contributed by atoms with E-state index in [9.17, 15) is 24.0 Å². The average Bonchev–Trinajstić information content (AvgIpc) is 3.43. The quantitative estimate of drug-likeness (QED) is 0.203. The van der Waals surface area contributed by atoms with Gasteiger partial charge in [0.15, 0.2) is 0 Å². The van der Waals surface area contributed by atoms with Crippen molar-refractivity contribution in [2.75, 3.05) is 6.54 Å². The zero-order valence-corrected chi connectivity index (χ0v) is 28.6. The van der Waals surface area contributed by atoms with E-state index in [4.69, 9.17) is 33.7 Å². The Kier molecular flexibility index (Phi) is 12.0. The highest BCUT2D eigenvalue weighted by molar-refractivity contribution is 6.38. The summed E-state index contributed by atoms with van der Waals surface area (Å²) in [6.07, 6.45) is 3.81. The summed E-state index contributed by atoms with van der Waals surface area (Å²) in [4.78, 5) is 65.1. The molecule has 12 heteroatoms. The summed E-state index contributed by atoms with van der Waals surface area (Å²) in [5.41, 5.74) is 4.52. The minimum atomic E-state index is -1.53. The first-order valence-electron chi connectivity index (χ1n) is 16.1. The van der Waals surface area contributed by atoms with E-state index in [-0.39, 0.29) is 24.7 Å². The molecule has 1 aliphatic carbocycles. The van der Waals surface area contributed by atoms with Gasteiger partial charge < -0.3 is 26.4 Å². The first kappa shape index (κ1) is 36.2. The van der Waals surface area contributed by atoms with Gasteiger partial charge in [-0.1, -0.05) is 93.4 Å². The third-order valence-corrected chi connectivity index (χ3v) is 9.96. The Balaban J connectivity index is 1.63. The Morgan fingerprint density at radius 2 is 1.66 bits per heavy atom. The molecule has 2 aromatic rings. The predicted molar refractivity (Wildman–Crippen MR) is 180 cm³/mol. The number of ether oxygens (including phenoxy) is 1. The van der Waals surface area contributed by atoms with Crippen molar-refractivity contribution in [3.05, 3.63) is 69.7 Å². The van der Waals surface area contributed by atoms with E-state index in [1.165, 1.54) is 0 Å². The van der Waals surface area contributed by atoms with Crippen LogP contribution >= 0.6 is 23.2 Å². The fourth-order valence-electron chi connectivity index (χ4n) is 6.72. The Labute approximate surface area is 285 Å². The molecule has 4 amide bonds. The van der Waals surface area contributed by atoms with Gasteiger partial charge in [-0.25, -0.2) is 4.79 Å². The van der Waals surface area contributed by atoms with Gasteiger partial charge in [-0.2, -0.15) is 0 Å². The monoisotopic (exact) mass is 686 g/mol. The van der Waals surface area contributed by atoms with E-state index in [1.807, 2.05) is 32.0 Å². The highest BCUT2D eigenvalue weighted by Gasteiger charge is 2.43. The fourth-order valence-corrected chi connectivity index (χ4v) is 7.03. The third kappa shape index (κ3) is 9.26. The van der Waals surface area contributed by atoms with Gasteiger partial charge in [0.1, 0.15) is 11.6 Å². The standard InChI is InChI=1S/C35H44Cl2N4O6/c1-34(2,24-10-7-11-26(37)19-24)29(22-12-14-25(36)15-13-22)47-33(46)41-35(3,20-21-8-5-4-6-9-21)32(45)40-27(28(42)30(38)43)18-23-16-17-39-31(23)44/h7,10-15,19,21,23,27,29H,4-6,8-9,16-18,20H2,1-3H3,(H2,38,43)(H,39,44)(H,40,45)(H,41,46)/t23-,27-,29?,35+/m0/s1. The van der Waals surface area contributed by atoms with Crippen molar-refractivity contribution in [2.45, 2.75) is 95.2 Å². The van der Waals surface area contributed by atoms with Gasteiger partial charge >= 0.3 is 6.09 Å². The molecule has 1 unspecified atom stereocenters. The summed E-state index contributed by atoms with van der Waals surface area (Å²) in [7, 11) is 0. The van der Waals surface area contributed by atoms with Crippen molar-refractivity contribution >= 4 is 52.8 Å². The Hall–Kier alpha value is -3.63.